The van der Waals surface area contributed by atoms with Gasteiger partial charge in [0.05, 0.1) is 18.2 Å². The zero-order chi connectivity index (χ0) is 23.7. The highest BCUT2D eigenvalue weighted by Gasteiger charge is 2.35. The van der Waals surface area contributed by atoms with E-state index in [0.29, 0.717) is 29.5 Å². The Hall–Kier alpha value is -4.26. The summed E-state index contributed by atoms with van der Waals surface area (Å²) >= 11 is 0. The van der Waals surface area contributed by atoms with Crippen molar-refractivity contribution in [2.24, 2.45) is 0 Å². The van der Waals surface area contributed by atoms with Crippen LogP contribution in [0.2, 0.25) is 0 Å². The zero-order valence-electron chi connectivity index (χ0n) is 18.8. The first-order valence-corrected chi connectivity index (χ1v) is 11.0. The second-order valence-corrected chi connectivity index (χ2v) is 8.30. The molecule has 34 heavy (non-hydrogen) atoms. The minimum atomic E-state index is -0.564. The second-order valence-electron chi connectivity index (χ2n) is 8.30. The highest BCUT2D eigenvalue weighted by molar-refractivity contribution is 5.86. The van der Waals surface area contributed by atoms with Crippen LogP contribution < -0.4 is 5.32 Å². The minimum Gasteiger partial charge on any atom is -0.334 e. The molecule has 1 atom stereocenters. The topological polar surface area (TPSA) is 71.3 Å². The SMILES string of the molecule is CC1=C(c2nc(-c3cccc(C)c3)no2)C(c2ccc(F)cc2)NC(=O)N1Cc1ccccc1. The second kappa shape index (κ2) is 8.94. The maximum absolute atomic E-state index is 13.6. The van der Waals surface area contributed by atoms with Crippen molar-refractivity contribution < 1.29 is 13.7 Å². The first-order valence-electron chi connectivity index (χ1n) is 11.0. The molecule has 2 heterocycles. The number of hydrogen-bond acceptors (Lipinski definition) is 4. The van der Waals surface area contributed by atoms with Crippen molar-refractivity contribution in [3.8, 4) is 11.4 Å². The van der Waals surface area contributed by atoms with Crippen molar-refractivity contribution >= 4 is 11.6 Å². The van der Waals surface area contributed by atoms with Gasteiger partial charge in [0.25, 0.3) is 5.89 Å². The van der Waals surface area contributed by atoms with Crippen molar-refractivity contribution in [3.63, 3.8) is 0 Å². The lowest BCUT2D eigenvalue weighted by Crippen LogP contribution is -2.45. The van der Waals surface area contributed by atoms with Crippen LogP contribution in [0.4, 0.5) is 9.18 Å². The number of rotatable bonds is 5. The van der Waals surface area contributed by atoms with E-state index >= 15 is 0 Å². The average Bonchev–Trinajstić information content (AvgIpc) is 3.32. The van der Waals surface area contributed by atoms with Crippen molar-refractivity contribution in [3.05, 3.63) is 113 Å². The van der Waals surface area contributed by atoms with E-state index in [1.165, 1.54) is 12.1 Å². The lowest BCUT2D eigenvalue weighted by Gasteiger charge is -2.35. The van der Waals surface area contributed by atoms with Crippen LogP contribution in [0.15, 0.2) is 89.1 Å². The number of carbonyl (C=O) groups is 1. The van der Waals surface area contributed by atoms with Gasteiger partial charge in [0.1, 0.15) is 5.82 Å². The third kappa shape index (κ3) is 4.20. The van der Waals surface area contributed by atoms with E-state index in [1.54, 1.807) is 17.0 Å². The van der Waals surface area contributed by atoms with Gasteiger partial charge in [-0.25, -0.2) is 9.18 Å². The smallest absolute Gasteiger partial charge is 0.322 e. The van der Waals surface area contributed by atoms with Gasteiger partial charge in [0, 0.05) is 11.3 Å². The van der Waals surface area contributed by atoms with Crippen LogP contribution in [-0.2, 0) is 6.54 Å². The van der Waals surface area contributed by atoms with Crippen molar-refractivity contribution in [1.29, 1.82) is 0 Å². The number of aromatic nitrogens is 2. The van der Waals surface area contributed by atoms with Gasteiger partial charge in [0.15, 0.2) is 0 Å². The Labute approximate surface area is 196 Å². The summed E-state index contributed by atoms with van der Waals surface area (Å²) in [5, 5.41) is 7.23. The van der Waals surface area contributed by atoms with Crippen LogP contribution in [-0.4, -0.2) is 21.1 Å². The Morgan fingerprint density at radius 1 is 1.00 bits per heavy atom. The molecule has 0 aliphatic carbocycles. The molecule has 1 unspecified atom stereocenters. The molecule has 1 aromatic heterocycles. The summed E-state index contributed by atoms with van der Waals surface area (Å²) < 4.78 is 19.3. The summed E-state index contributed by atoms with van der Waals surface area (Å²) in [4.78, 5) is 19.5. The van der Waals surface area contributed by atoms with Crippen LogP contribution >= 0.6 is 0 Å². The fourth-order valence-electron chi connectivity index (χ4n) is 4.15. The monoisotopic (exact) mass is 454 g/mol. The summed E-state index contributed by atoms with van der Waals surface area (Å²) in [6.07, 6.45) is 0. The fraction of sp³-hybridized carbons (Fsp3) is 0.148. The normalized spacial score (nSPS) is 16.0. The third-order valence-electron chi connectivity index (χ3n) is 5.92. The number of amides is 2. The number of nitrogens with one attached hydrogen (secondary N) is 1. The van der Waals surface area contributed by atoms with Crippen LogP contribution in [0.5, 0.6) is 0 Å². The van der Waals surface area contributed by atoms with Crippen LogP contribution in [0.25, 0.3) is 17.0 Å². The highest BCUT2D eigenvalue weighted by Crippen LogP contribution is 2.38. The number of urea groups is 1. The van der Waals surface area contributed by atoms with Crippen molar-refractivity contribution in [2.45, 2.75) is 26.4 Å². The predicted molar refractivity (Wildman–Crippen MR) is 127 cm³/mol. The van der Waals surface area contributed by atoms with E-state index in [4.69, 9.17) is 4.52 Å². The zero-order valence-corrected chi connectivity index (χ0v) is 18.8. The van der Waals surface area contributed by atoms with E-state index in [2.05, 4.69) is 15.5 Å². The van der Waals surface area contributed by atoms with Gasteiger partial charge in [-0.3, -0.25) is 4.90 Å². The standard InChI is InChI=1S/C27H23FN4O2/c1-17-7-6-10-21(15-17)25-30-26(34-31-25)23-18(2)32(16-19-8-4-3-5-9-19)27(33)29-24(23)20-11-13-22(28)14-12-20/h3-15,24H,16H2,1-2H3,(H,29,33). The Balaban J connectivity index is 1.60. The summed E-state index contributed by atoms with van der Waals surface area (Å²) in [7, 11) is 0. The molecule has 0 spiro atoms. The molecule has 5 rings (SSSR count). The molecule has 0 bridgehead atoms. The first kappa shape index (κ1) is 21.6. The molecule has 6 nitrogen and oxygen atoms in total. The van der Waals surface area contributed by atoms with E-state index < -0.39 is 6.04 Å². The number of halogens is 1. The molecule has 0 radical (unpaired) electrons. The van der Waals surface area contributed by atoms with Crippen molar-refractivity contribution in [1.82, 2.24) is 20.4 Å². The van der Waals surface area contributed by atoms with Gasteiger partial charge >= 0.3 is 6.03 Å². The predicted octanol–water partition coefficient (Wildman–Crippen LogP) is 5.88. The summed E-state index contributed by atoms with van der Waals surface area (Å²) in [6, 6.07) is 22.8. The van der Waals surface area contributed by atoms with Crippen LogP contribution in [0.3, 0.4) is 0 Å². The molecule has 3 aromatic carbocycles. The Morgan fingerprint density at radius 3 is 2.50 bits per heavy atom. The van der Waals surface area contributed by atoms with Crippen LogP contribution in [0, 0.1) is 12.7 Å². The number of allylic oxidation sites excluding steroid dienone is 1. The van der Waals surface area contributed by atoms with Gasteiger partial charge in [-0.1, -0.05) is 71.4 Å². The van der Waals surface area contributed by atoms with Gasteiger partial charge in [-0.05, 0) is 43.2 Å². The fourth-order valence-corrected chi connectivity index (χ4v) is 4.15. The molecule has 4 aromatic rings. The number of nitrogens with zero attached hydrogens (tertiary/aromatic N) is 3. The molecule has 1 aliphatic heterocycles. The maximum atomic E-state index is 13.6. The molecule has 0 fully saturated rings. The maximum Gasteiger partial charge on any atom is 0.322 e. The summed E-state index contributed by atoms with van der Waals surface area (Å²) in [5.74, 6) is 0.420. The van der Waals surface area contributed by atoms with E-state index in [9.17, 15) is 9.18 Å². The molecule has 1 aliphatic rings. The lowest BCUT2D eigenvalue weighted by atomic mass is 9.94. The molecule has 0 saturated heterocycles. The molecule has 0 saturated carbocycles. The molecular weight excluding hydrogens is 431 g/mol. The third-order valence-corrected chi connectivity index (χ3v) is 5.92. The highest BCUT2D eigenvalue weighted by atomic mass is 19.1. The molecular formula is C27H23FN4O2. The van der Waals surface area contributed by atoms with Crippen LogP contribution in [0.1, 0.15) is 35.5 Å². The number of carbonyl (C=O) groups excluding carboxylic acids is 1. The number of benzene rings is 3. The largest absolute Gasteiger partial charge is 0.334 e. The Morgan fingerprint density at radius 2 is 1.76 bits per heavy atom. The van der Waals surface area contributed by atoms with Gasteiger partial charge in [-0.2, -0.15) is 4.98 Å². The quantitative estimate of drug-likeness (QED) is 0.409. The average molecular weight is 455 g/mol. The summed E-state index contributed by atoms with van der Waals surface area (Å²) in [5.41, 5.74) is 5.01. The lowest BCUT2D eigenvalue weighted by molar-refractivity contribution is 0.203. The number of aryl methyl sites for hydroxylation is 1. The summed E-state index contributed by atoms with van der Waals surface area (Å²) in [6.45, 7) is 4.25. The molecule has 1 N–H and O–H groups in total. The van der Waals surface area contributed by atoms with Gasteiger partial charge in [0.2, 0.25) is 5.82 Å². The Kier molecular flexibility index (Phi) is 5.67. The van der Waals surface area contributed by atoms with E-state index in [0.717, 1.165) is 22.3 Å². The van der Waals surface area contributed by atoms with Gasteiger partial charge in [-0.15, -0.1) is 0 Å². The molecule has 7 heteroatoms. The Bertz CT molecular complexity index is 1360. The van der Waals surface area contributed by atoms with Crippen molar-refractivity contribution in [2.75, 3.05) is 0 Å². The van der Waals surface area contributed by atoms with E-state index in [1.807, 2.05) is 68.4 Å². The number of hydrogen-bond donors (Lipinski definition) is 1. The molecule has 170 valence electrons. The van der Waals surface area contributed by atoms with Gasteiger partial charge < -0.3 is 9.84 Å². The molecule has 2 amide bonds. The van der Waals surface area contributed by atoms with E-state index in [-0.39, 0.29) is 11.8 Å². The minimum absolute atomic E-state index is 0.252. The first-order chi connectivity index (χ1) is 16.5.